The van der Waals surface area contributed by atoms with Gasteiger partial charge < -0.3 is 34.6 Å². The third-order valence-electron chi connectivity index (χ3n) is 4.10. The molecule has 1 saturated heterocycles. The fraction of sp³-hybridized carbons (Fsp3) is 0.412. The van der Waals surface area contributed by atoms with Crippen molar-refractivity contribution in [1.82, 2.24) is 0 Å². The van der Waals surface area contributed by atoms with Crippen molar-refractivity contribution >= 4 is 5.57 Å². The van der Waals surface area contributed by atoms with E-state index in [-0.39, 0.29) is 0 Å². The van der Waals surface area contributed by atoms with Gasteiger partial charge in [-0.3, -0.25) is 0 Å². The van der Waals surface area contributed by atoms with E-state index in [0.717, 1.165) is 11.1 Å². The molecule has 3 rings (SSSR count). The standard InChI is InChI=1S/C17H20O7/c1-8-5-9(2)22-12-6-10(3-4-11(8)12)23-17-16(21)15(20)14(19)13(7-18)24-17/h3-6,13-21H,2,7H2,1H3. The van der Waals surface area contributed by atoms with Gasteiger partial charge in [0.15, 0.2) is 0 Å². The highest BCUT2D eigenvalue weighted by Gasteiger charge is 2.44. The molecule has 5 unspecified atom stereocenters. The van der Waals surface area contributed by atoms with Gasteiger partial charge in [-0.25, -0.2) is 0 Å². The first-order valence-corrected chi connectivity index (χ1v) is 7.57. The minimum absolute atomic E-state index is 0.348. The number of aliphatic hydroxyl groups excluding tert-OH is 4. The van der Waals surface area contributed by atoms with Crippen LogP contribution < -0.4 is 9.47 Å². The summed E-state index contributed by atoms with van der Waals surface area (Å²) >= 11 is 0. The third kappa shape index (κ3) is 3.04. The number of ether oxygens (including phenoxy) is 3. The fourth-order valence-electron chi connectivity index (χ4n) is 2.77. The molecular formula is C17H20O7. The summed E-state index contributed by atoms with van der Waals surface area (Å²) in [6, 6.07) is 5.10. The van der Waals surface area contributed by atoms with Crippen molar-refractivity contribution in [2.45, 2.75) is 37.6 Å². The number of rotatable bonds is 3. The lowest BCUT2D eigenvalue weighted by Gasteiger charge is -2.39. The molecular weight excluding hydrogens is 316 g/mol. The van der Waals surface area contributed by atoms with Crippen LogP contribution in [0, 0.1) is 0 Å². The van der Waals surface area contributed by atoms with Crippen LogP contribution in [-0.2, 0) is 4.74 Å². The second kappa shape index (κ2) is 6.54. The van der Waals surface area contributed by atoms with Gasteiger partial charge in [-0.2, -0.15) is 0 Å². The second-order valence-electron chi connectivity index (χ2n) is 5.87. The molecule has 0 aromatic heterocycles. The zero-order valence-corrected chi connectivity index (χ0v) is 13.1. The van der Waals surface area contributed by atoms with Crippen LogP contribution in [0.1, 0.15) is 12.5 Å². The maximum Gasteiger partial charge on any atom is 0.229 e. The Hall–Kier alpha value is -1.90. The number of hydrogen-bond donors (Lipinski definition) is 4. The predicted molar refractivity (Wildman–Crippen MR) is 84.3 cm³/mol. The second-order valence-corrected chi connectivity index (χ2v) is 5.87. The first kappa shape index (κ1) is 16.9. The molecule has 7 heteroatoms. The van der Waals surface area contributed by atoms with E-state index < -0.39 is 37.3 Å². The minimum Gasteiger partial charge on any atom is -0.462 e. The molecule has 1 aromatic carbocycles. The van der Waals surface area contributed by atoms with Gasteiger partial charge in [0.25, 0.3) is 0 Å². The van der Waals surface area contributed by atoms with Gasteiger partial charge in [0.2, 0.25) is 6.29 Å². The van der Waals surface area contributed by atoms with Crippen molar-refractivity contribution in [1.29, 1.82) is 0 Å². The minimum atomic E-state index is -1.49. The molecule has 2 heterocycles. The highest BCUT2D eigenvalue weighted by molar-refractivity contribution is 5.74. The molecule has 0 bridgehead atoms. The third-order valence-corrected chi connectivity index (χ3v) is 4.10. The van der Waals surface area contributed by atoms with Crippen LogP contribution in [-0.4, -0.2) is 57.7 Å². The first-order chi connectivity index (χ1) is 11.4. The Morgan fingerprint density at radius 1 is 1.17 bits per heavy atom. The monoisotopic (exact) mass is 336 g/mol. The van der Waals surface area contributed by atoms with E-state index in [1.807, 2.05) is 13.0 Å². The molecule has 5 atom stereocenters. The van der Waals surface area contributed by atoms with E-state index in [1.165, 1.54) is 0 Å². The zero-order chi connectivity index (χ0) is 17.4. The molecule has 0 radical (unpaired) electrons. The fourth-order valence-corrected chi connectivity index (χ4v) is 2.77. The molecule has 0 amide bonds. The average Bonchev–Trinajstić information content (AvgIpc) is 2.55. The predicted octanol–water partition coefficient (Wildman–Crippen LogP) is 0.175. The Morgan fingerprint density at radius 3 is 2.62 bits per heavy atom. The Morgan fingerprint density at radius 2 is 1.92 bits per heavy atom. The van der Waals surface area contributed by atoms with Crippen LogP contribution in [0.5, 0.6) is 11.5 Å². The maximum atomic E-state index is 10.0. The van der Waals surface area contributed by atoms with Gasteiger partial charge in [-0.1, -0.05) is 6.58 Å². The van der Waals surface area contributed by atoms with Crippen LogP contribution in [0.4, 0.5) is 0 Å². The van der Waals surface area contributed by atoms with E-state index in [2.05, 4.69) is 6.58 Å². The number of benzene rings is 1. The van der Waals surface area contributed by atoms with E-state index in [1.54, 1.807) is 18.2 Å². The molecule has 0 spiro atoms. The van der Waals surface area contributed by atoms with Gasteiger partial charge >= 0.3 is 0 Å². The van der Waals surface area contributed by atoms with E-state index in [9.17, 15) is 20.4 Å². The largest absolute Gasteiger partial charge is 0.462 e. The number of hydrogen-bond acceptors (Lipinski definition) is 7. The highest BCUT2D eigenvalue weighted by atomic mass is 16.7. The molecule has 0 aliphatic carbocycles. The normalized spacial score (nSPS) is 32.6. The summed E-state index contributed by atoms with van der Waals surface area (Å²) in [5.41, 5.74) is 1.89. The smallest absolute Gasteiger partial charge is 0.229 e. The van der Waals surface area contributed by atoms with E-state index in [4.69, 9.17) is 14.2 Å². The van der Waals surface area contributed by atoms with Crippen LogP contribution in [0.15, 0.2) is 36.6 Å². The van der Waals surface area contributed by atoms with Gasteiger partial charge in [0.1, 0.15) is 41.7 Å². The lowest BCUT2D eigenvalue weighted by atomic mass is 9.99. The lowest BCUT2D eigenvalue weighted by molar-refractivity contribution is -0.277. The highest BCUT2D eigenvalue weighted by Crippen LogP contribution is 2.36. The van der Waals surface area contributed by atoms with Gasteiger partial charge in [-0.05, 0) is 30.7 Å². The average molecular weight is 336 g/mol. The van der Waals surface area contributed by atoms with Gasteiger partial charge in [-0.15, -0.1) is 0 Å². The van der Waals surface area contributed by atoms with Crippen LogP contribution >= 0.6 is 0 Å². The maximum absolute atomic E-state index is 10.0. The Balaban J connectivity index is 1.80. The topological polar surface area (TPSA) is 109 Å². The molecule has 130 valence electrons. The van der Waals surface area contributed by atoms with Crippen molar-refractivity contribution in [2.24, 2.45) is 0 Å². The molecule has 2 aliphatic rings. The summed E-state index contributed by atoms with van der Waals surface area (Å²) in [4.78, 5) is 0. The van der Waals surface area contributed by atoms with E-state index in [0.29, 0.717) is 17.3 Å². The summed E-state index contributed by atoms with van der Waals surface area (Å²) in [6.07, 6.45) is -4.81. The number of fused-ring (bicyclic) bond motifs is 1. The first-order valence-electron chi connectivity index (χ1n) is 7.57. The zero-order valence-electron chi connectivity index (χ0n) is 13.1. The number of allylic oxidation sites excluding steroid dienone is 2. The molecule has 7 nitrogen and oxygen atoms in total. The molecule has 1 aromatic rings. The van der Waals surface area contributed by atoms with Crippen molar-refractivity contribution in [2.75, 3.05) is 6.61 Å². The molecule has 24 heavy (non-hydrogen) atoms. The summed E-state index contributed by atoms with van der Waals surface area (Å²) in [5.74, 6) is 1.41. The SMILES string of the molecule is C=C1C=C(C)c2ccc(OC3OC(CO)C(O)C(O)C3O)cc2O1. The quantitative estimate of drug-likeness (QED) is 0.623. The molecule has 0 saturated carbocycles. The van der Waals surface area contributed by atoms with Gasteiger partial charge in [0.05, 0.1) is 6.61 Å². The van der Waals surface area contributed by atoms with E-state index >= 15 is 0 Å². The Labute approximate surface area is 139 Å². The Kier molecular flexibility index (Phi) is 4.62. The van der Waals surface area contributed by atoms with Crippen molar-refractivity contribution in [3.63, 3.8) is 0 Å². The summed E-state index contributed by atoms with van der Waals surface area (Å²) in [6.45, 7) is 5.19. The van der Waals surface area contributed by atoms with Crippen LogP contribution in [0.25, 0.3) is 5.57 Å². The number of aliphatic hydroxyl groups is 4. The van der Waals surface area contributed by atoms with Gasteiger partial charge in [0, 0.05) is 11.6 Å². The Bertz CT molecular complexity index is 667. The van der Waals surface area contributed by atoms with Crippen molar-refractivity contribution < 1.29 is 34.6 Å². The molecule has 4 N–H and O–H groups in total. The van der Waals surface area contributed by atoms with Crippen molar-refractivity contribution in [3.05, 3.63) is 42.2 Å². The van der Waals surface area contributed by atoms with Crippen LogP contribution in [0.2, 0.25) is 0 Å². The van der Waals surface area contributed by atoms with Crippen molar-refractivity contribution in [3.8, 4) is 11.5 Å². The molecule has 1 fully saturated rings. The summed E-state index contributed by atoms with van der Waals surface area (Å²) in [5, 5.41) is 38.8. The molecule has 2 aliphatic heterocycles. The van der Waals surface area contributed by atoms with Crippen LogP contribution in [0.3, 0.4) is 0 Å². The summed E-state index contributed by atoms with van der Waals surface area (Å²) < 4.78 is 16.4. The lowest BCUT2D eigenvalue weighted by Crippen LogP contribution is -2.60. The summed E-state index contributed by atoms with van der Waals surface area (Å²) in [7, 11) is 0.